The number of anilines is 1. The predicted octanol–water partition coefficient (Wildman–Crippen LogP) is 4.73. The number of hydrogen-bond donors (Lipinski definition) is 1. The number of likely N-dealkylation sites (tertiary alicyclic amines) is 1. The topological polar surface area (TPSA) is 87.5 Å². The fourth-order valence-electron chi connectivity index (χ4n) is 5.86. The van der Waals surface area contributed by atoms with E-state index in [1.807, 2.05) is 27.1 Å². The van der Waals surface area contributed by atoms with Gasteiger partial charge in [0.2, 0.25) is 10.0 Å². The van der Waals surface area contributed by atoms with Crippen LogP contribution in [0.25, 0.3) is 11.0 Å². The number of halogens is 2. The fraction of sp³-hybridized carbons (Fsp3) is 0.481. The van der Waals surface area contributed by atoms with Crippen molar-refractivity contribution in [3.8, 4) is 0 Å². The highest BCUT2D eigenvalue weighted by Gasteiger charge is 2.43. The van der Waals surface area contributed by atoms with Gasteiger partial charge in [0.05, 0.1) is 38.5 Å². The molecule has 3 aliphatic rings. The third kappa shape index (κ3) is 4.56. The maximum atomic E-state index is 13.6. The Labute approximate surface area is 226 Å². The summed E-state index contributed by atoms with van der Waals surface area (Å²) < 4.78 is 45.2. The zero-order chi connectivity index (χ0) is 27.0. The van der Waals surface area contributed by atoms with Crippen molar-refractivity contribution in [2.75, 3.05) is 18.0 Å². The van der Waals surface area contributed by atoms with Crippen molar-refractivity contribution in [3.05, 3.63) is 53.1 Å². The van der Waals surface area contributed by atoms with Gasteiger partial charge in [0, 0.05) is 36.8 Å². The summed E-state index contributed by atoms with van der Waals surface area (Å²) in [6.07, 6.45) is 5.72. The van der Waals surface area contributed by atoms with Crippen LogP contribution < -0.4 is 9.62 Å². The number of sulfonamides is 1. The number of nitrogens with zero attached hydrogens (tertiary/aromatic N) is 4. The minimum atomic E-state index is -3.78. The van der Waals surface area contributed by atoms with Crippen LogP contribution in [0.3, 0.4) is 0 Å². The molecule has 1 aliphatic carbocycles. The lowest BCUT2D eigenvalue weighted by Crippen LogP contribution is -2.55. The molecular formula is C27H31ClFN5O3S. The molecule has 0 radical (unpaired) electrons. The molecule has 2 bridgehead atoms. The molecule has 2 atom stereocenters. The van der Waals surface area contributed by atoms with Crippen molar-refractivity contribution >= 4 is 44.3 Å². The van der Waals surface area contributed by atoms with Crippen LogP contribution in [0.2, 0.25) is 5.02 Å². The Morgan fingerprint density at radius 2 is 1.71 bits per heavy atom. The second-order valence-corrected chi connectivity index (χ2v) is 13.8. The molecule has 8 nitrogen and oxygen atoms in total. The summed E-state index contributed by atoms with van der Waals surface area (Å²) in [4.78, 5) is 22.2. The van der Waals surface area contributed by atoms with Crippen molar-refractivity contribution in [2.45, 2.75) is 75.0 Å². The number of benzene rings is 2. The lowest BCUT2D eigenvalue weighted by atomic mass is 10.1. The first-order valence-electron chi connectivity index (χ1n) is 13.0. The summed E-state index contributed by atoms with van der Waals surface area (Å²) in [7, 11) is -3.78. The van der Waals surface area contributed by atoms with Crippen LogP contribution in [0.5, 0.6) is 0 Å². The molecule has 2 aliphatic heterocycles. The van der Waals surface area contributed by atoms with Gasteiger partial charge in [-0.3, -0.25) is 4.79 Å². The molecule has 3 fully saturated rings. The van der Waals surface area contributed by atoms with Crippen molar-refractivity contribution in [1.82, 2.24) is 19.2 Å². The van der Waals surface area contributed by atoms with Crippen molar-refractivity contribution in [1.29, 1.82) is 0 Å². The SMILES string of the molecule is CC(C)(C)NS(=O)(=O)c1cc(N2[C@@H]3CC[C@H]2CN(C(=O)c2ccc(F)cc2Cl)C3)c2c(c1)ncn2C1CC1. The molecular weight excluding hydrogens is 529 g/mol. The first-order valence-corrected chi connectivity index (χ1v) is 14.8. The molecule has 0 spiro atoms. The molecule has 1 saturated carbocycles. The standard InChI is InChI=1S/C27H31ClFN5O3S/c1-27(2,3)31-38(36,37)20-11-23-25(33(15-30-23)17-5-6-17)24(12-20)34-18-7-8-19(34)14-32(13-18)26(35)21-9-4-16(29)10-22(21)28/h4,9-12,15,17-19,31H,5-8,13-14H2,1-3H3/t18-,19+. The van der Waals surface area contributed by atoms with E-state index in [2.05, 4.69) is 19.2 Å². The van der Waals surface area contributed by atoms with Gasteiger partial charge < -0.3 is 14.4 Å². The Morgan fingerprint density at radius 3 is 2.32 bits per heavy atom. The first kappa shape index (κ1) is 25.6. The molecule has 2 aromatic carbocycles. The van der Waals surface area contributed by atoms with Crippen molar-refractivity contribution in [3.63, 3.8) is 0 Å². The zero-order valence-corrected chi connectivity index (χ0v) is 23.2. The van der Waals surface area contributed by atoms with E-state index in [1.165, 1.54) is 12.1 Å². The van der Waals surface area contributed by atoms with E-state index in [0.717, 1.165) is 43.0 Å². The Balaban J connectivity index is 1.39. The molecule has 3 heterocycles. The molecule has 1 N–H and O–H groups in total. The highest BCUT2D eigenvalue weighted by molar-refractivity contribution is 7.89. The van der Waals surface area contributed by atoms with Crippen LogP contribution in [-0.2, 0) is 10.0 Å². The van der Waals surface area contributed by atoms with Crippen LogP contribution in [0, 0.1) is 5.82 Å². The van der Waals surface area contributed by atoms with Gasteiger partial charge in [-0.1, -0.05) is 11.6 Å². The summed E-state index contributed by atoms with van der Waals surface area (Å²) in [6, 6.07) is 7.66. The second kappa shape index (κ2) is 8.93. The molecule has 11 heteroatoms. The van der Waals surface area contributed by atoms with Crippen LogP contribution in [0.4, 0.5) is 10.1 Å². The molecule has 0 unspecified atom stereocenters. The van der Waals surface area contributed by atoms with E-state index in [0.29, 0.717) is 24.6 Å². The molecule has 2 saturated heterocycles. The number of nitrogens with one attached hydrogen (secondary N) is 1. The molecule has 1 amide bonds. The van der Waals surface area contributed by atoms with E-state index in [9.17, 15) is 17.6 Å². The third-order valence-electron chi connectivity index (χ3n) is 7.52. The molecule has 202 valence electrons. The number of carbonyl (C=O) groups is 1. The van der Waals surface area contributed by atoms with Crippen LogP contribution >= 0.6 is 11.6 Å². The Hall–Kier alpha value is -2.69. The largest absolute Gasteiger partial charge is 0.360 e. The zero-order valence-electron chi connectivity index (χ0n) is 21.6. The Kier molecular flexibility index (Phi) is 6.01. The molecule has 1 aromatic heterocycles. The van der Waals surface area contributed by atoms with Gasteiger partial charge in [-0.05, 0) is 76.8 Å². The van der Waals surface area contributed by atoms with Crippen molar-refractivity contribution < 1.29 is 17.6 Å². The van der Waals surface area contributed by atoms with E-state index >= 15 is 0 Å². The highest BCUT2D eigenvalue weighted by Crippen LogP contribution is 2.44. The summed E-state index contributed by atoms with van der Waals surface area (Å²) in [5.74, 6) is -0.700. The number of fused-ring (bicyclic) bond motifs is 3. The average Bonchev–Trinajstić information content (AvgIpc) is 3.52. The summed E-state index contributed by atoms with van der Waals surface area (Å²) in [6.45, 7) is 6.39. The monoisotopic (exact) mass is 559 g/mol. The molecule has 38 heavy (non-hydrogen) atoms. The maximum Gasteiger partial charge on any atom is 0.255 e. The normalized spacial score (nSPS) is 21.9. The van der Waals surface area contributed by atoms with E-state index in [1.54, 1.807) is 17.0 Å². The summed E-state index contributed by atoms with van der Waals surface area (Å²) in [5.41, 5.74) is 2.10. The van der Waals surface area contributed by atoms with Gasteiger partial charge in [-0.25, -0.2) is 22.5 Å². The van der Waals surface area contributed by atoms with Gasteiger partial charge in [-0.15, -0.1) is 0 Å². The second-order valence-electron chi connectivity index (χ2n) is 11.7. The number of hydrogen-bond acceptors (Lipinski definition) is 5. The van der Waals surface area contributed by atoms with Crippen LogP contribution in [0.15, 0.2) is 41.6 Å². The number of aromatic nitrogens is 2. The van der Waals surface area contributed by atoms with E-state index < -0.39 is 21.4 Å². The van der Waals surface area contributed by atoms with Gasteiger partial charge in [0.25, 0.3) is 5.91 Å². The summed E-state index contributed by atoms with van der Waals surface area (Å²) in [5, 5.41) is 0.101. The van der Waals surface area contributed by atoms with Gasteiger partial charge in [0.15, 0.2) is 0 Å². The van der Waals surface area contributed by atoms with Gasteiger partial charge in [-0.2, -0.15) is 0 Å². The number of amides is 1. The lowest BCUT2D eigenvalue weighted by Gasteiger charge is -2.43. The van der Waals surface area contributed by atoms with Gasteiger partial charge >= 0.3 is 0 Å². The van der Waals surface area contributed by atoms with Crippen LogP contribution in [0.1, 0.15) is 62.9 Å². The van der Waals surface area contributed by atoms with E-state index in [4.69, 9.17) is 11.6 Å². The maximum absolute atomic E-state index is 13.6. The van der Waals surface area contributed by atoms with E-state index in [-0.39, 0.29) is 33.5 Å². The smallest absolute Gasteiger partial charge is 0.255 e. The molecule has 6 rings (SSSR count). The highest BCUT2D eigenvalue weighted by atomic mass is 35.5. The minimum Gasteiger partial charge on any atom is -0.360 e. The lowest BCUT2D eigenvalue weighted by molar-refractivity contribution is 0.0718. The number of imidazole rings is 1. The number of rotatable bonds is 5. The van der Waals surface area contributed by atoms with Gasteiger partial charge in [0.1, 0.15) is 5.82 Å². The Morgan fingerprint density at radius 1 is 1.05 bits per heavy atom. The minimum absolute atomic E-state index is 0.0104. The number of piperazine rings is 1. The third-order valence-corrected chi connectivity index (χ3v) is 9.57. The van der Waals surface area contributed by atoms with Crippen molar-refractivity contribution in [2.24, 2.45) is 0 Å². The number of carbonyl (C=O) groups excluding carboxylic acids is 1. The quantitative estimate of drug-likeness (QED) is 0.488. The fourth-order valence-corrected chi connectivity index (χ4v) is 7.57. The average molecular weight is 560 g/mol. The predicted molar refractivity (Wildman–Crippen MR) is 145 cm³/mol. The Bertz CT molecular complexity index is 1530. The van der Waals surface area contributed by atoms with Crippen LogP contribution in [-0.4, -0.2) is 59.5 Å². The first-order chi connectivity index (χ1) is 17.9. The summed E-state index contributed by atoms with van der Waals surface area (Å²) >= 11 is 6.20. The molecule has 3 aromatic rings.